The zero-order valence-electron chi connectivity index (χ0n) is 11.4. The van der Waals surface area contributed by atoms with Crippen LogP contribution in [0.4, 0.5) is 6.01 Å². The molecule has 5 nitrogen and oxygen atoms in total. The van der Waals surface area contributed by atoms with E-state index in [-0.39, 0.29) is 12.4 Å². The molecule has 0 aromatic carbocycles. The van der Waals surface area contributed by atoms with E-state index in [1.807, 2.05) is 12.1 Å². The Balaban J connectivity index is 0.00000132. The maximum absolute atomic E-state index is 5.95. The molecule has 0 spiro atoms. The standard InChI is InChI=1S/C13H15ClN4OS.ClH/c14-11-2-1-10(20-11)12-15-16-13(19-12)18-8-7-17-5-3-9(18)4-6-17;/h1-2,9H,3-8H2;1H. The van der Waals surface area contributed by atoms with Gasteiger partial charge in [0.2, 0.25) is 0 Å². The summed E-state index contributed by atoms with van der Waals surface area (Å²) in [5.74, 6) is 0.566. The first kappa shape index (κ1) is 15.1. The Bertz CT molecular complexity index is 609. The topological polar surface area (TPSA) is 45.4 Å². The van der Waals surface area contributed by atoms with Crippen molar-refractivity contribution in [3.63, 3.8) is 0 Å². The van der Waals surface area contributed by atoms with Gasteiger partial charge in [0.1, 0.15) is 0 Å². The quantitative estimate of drug-likeness (QED) is 0.835. The molecule has 0 atom stereocenters. The minimum Gasteiger partial charge on any atom is -0.402 e. The van der Waals surface area contributed by atoms with Crippen LogP contribution in [0, 0.1) is 0 Å². The molecule has 0 amide bonds. The molecular weight excluding hydrogens is 331 g/mol. The molecule has 2 aromatic rings. The van der Waals surface area contributed by atoms with E-state index < -0.39 is 0 Å². The van der Waals surface area contributed by atoms with Gasteiger partial charge in [0.05, 0.1) is 9.21 Å². The molecule has 114 valence electrons. The first-order chi connectivity index (χ1) is 9.79. The number of rotatable bonds is 2. The predicted molar refractivity (Wildman–Crippen MR) is 86.7 cm³/mol. The van der Waals surface area contributed by atoms with E-state index in [0.29, 0.717) is 17.9 Å². The van der Waals surface area contributed by atoms with E-state index in [9.17, 15) is 0 Å². The highest BCUT2D eigenvalue weighted by molar-refractivity contribution is 7.19. The highest BCUT2D eigenvalue weighted by Crippen LogP contribution is 2.33. The fourth-order valence-corrected chi connectivity index (χ4v) is 3.96. The van der Waals surface area contributed by atoms with Crippen molar-refractivity contribution in [1.82, 2.24) is 15.1 Å². The monoisotopic (exact) mass is 346 g/mol. The van der Waals surface area contributed by atoms with Crippen molar-refractivity contribution in [2.45, 2.75) is 18.9 Å². The fraction of sp³-hybridized carbons (Fsp3) is 0.538. The number of hydrogen-bond donors (Lipinski definition) is 0. The molecule has 2 bridgehead atoms. The molecule has 3 saturated heterocycles. The van der Waals surface area contributed by atoms with E-state index in [1.165, 1.54) is 37.3 Å². The molecule has 0 aliphatic carbocycles. The first-order valence-corrected chi connectivity index (χ1v) is 8.07. The summed E-state index contributed by atoms with van der Waals surface area (Å²) in [6.45, 7) is 4.42. The van der Waals surface area contributed by atoms with Crippen LogP contribution in [0.15, 0.2) is 16.5 Å². The average Bonchev–Trinajstić information content (AvgIpc) is 3.01. The molecule has 3 aliphatic rings. The highest BCUT2D eigenvalue weighted by atomic mass is 35.5. The second-order valence-corrected chi connectivity index (χ2v) is 6.97. The number of nitrogens with zero attached hydrogens (tertiary/aromatic N) is 4. The van der Waals surface area contributed by atoms with Crippen LogP contribution < -0.4 is 4.90 Å². The Hall–Kier alpha value is -0.820. The number of halogens is 2. The van der Waals surface area contributed by atoms with Crippen LogP contribution in [0.25, 0.3) is 10.8 Å². The summed E-state index contributed by atoms with van der Waals surface area (Å²) in [4.78, 5) is 5.71. The summed E-state index contributed by atoms with van der Waals surface area (Å²) in [5.41, 5.74) is 0. The summed E-state index contributed by atoms with van der Waals surface area (Å²) in [6, 6.07) is 4.96. The lowest BCUT2D eigenvalue weighted by atomic mass is 10.1. The van der Waals surface area contributed by atoms with Crippen molar-refractivity contribution in [3.8, 4) is 10.8 Å². The summed E-state index contributed by atoms with van der Waals surface area (Å²) in [6.07, 6.45) is 2.37. The van der Waals surface area contributed by atoms with Crippen LogP contribution in [-0.4, -0.2) is 47.3 Å². The molecule has 0 saturated carbocycles. The van der Waals surface area contributed by atoms with Crippen molar-refractivity contribution in [1.29, 1.82) is 0 Å². The molecule has 0 radical (unpaired) electrons. The summed E-state index contributed by atoms with van der Waals surface area (Å²) < 4.78 is 6.60. The molecule has 2 aromatic heterocycles. The maximum atomic E-state index is 5.95. The zero-order chi connectivity index (χ0) is 13.5. The van der Waals surface area contributed by atoms with Crippen molar-refractivity contribution < 1.29 is 4.42 Å². The van der Waals surface area contributed by atoms with Gasteiger partial charge in [-0.2, -0.15) is 0 Å². The Morgan fingerprint density at radius 3 is 2.67 bits per heavy atom. The number of hydrogen-bond acceptors (Lipinski definition) is 6. The third-order valence-corrected chi connectivity index (χ3v) is 5.32. The number of fused-ring (bicyclic) bond motifs is 4. The molecular formula is C13H16Cl2N4OS. The Morgan fingerprint density at radius 2 is 1.95 bits per heavy atom. The van der Waals surface area contributed by atoms with E-state index in [1.54, 1.807) is 0 Å². The lowest BCUT2D eigenvalue weighted by Crippen LogP contribution is -2.38. The van der Waals surface area contributed by atoms with Gasteiger partial charge in [-0.25, -0.2) is 0 Å². The van der Waals surface area contributed by atoms with Crippen LogP contribution in [0.3, 0.4) is 0 Å². The Morgan fingerprint density at radius 1 is 1.14 bits per heavy atom. The van der Waals surface area contributed by atoms with Gasteiger partial charge in [0, 0.05) is 32.2 Å². The lowest BCUT2D eigenvalue weighted by molar-refractivity contribution is 0.249. The Labute approximate surface area is 138 Å². The molecule has 3 fully saturated rings. The molecule has 3 aliphatic heterocycles. The summed E-state index contributed by atoms with van der Waals surface area (Å²) in [5, 5.41) is 8.41. The lowest BCUT2D eigenvalue weighted by Gasteiger charge is -2.29. The van der Waals surface area contributed by atoms with Crippen LogP contribution in [-0.2, 0) is 0 Å². The zero-order valence-corrected chi connectivity index (χ0v) is 13.8. The van der Waals surface area contributed by atoms with Gasteiger partial charge in [-0.15, -0.1) is 28.8 Å². The molecule has 5 heterocycles. The first-order valence-electron chi connectivity index (χ1n) is 6.88. The fourth-order valence-electron chi connectivity index (χ4n) is 3.00. The minimum absolute atomic E-state index is 0. The third-order valence-electron chi connectivity index (χ3n) is 4.10. The smallest absolute Gasteiger partial charge is 0.318 e. The van der Waals surface area contributed by atoms with Gasteiger partial charge in [-0.05, 0) is 25.0 Å². The number of aromatic nitrogens is 2. The van der Waals surface area contributed by atoms with Crippen molar-refractivity contribution in [3.05, 3.63) is 16.5 Å². The molecule has 21 heavy (non-hydrogen) atoms. The van der Waals surface area contributed by atoms with Crippen molar-refractivity contribution in [2.75, 3.05) is 31.1 Å². The van der Waals surface area contributed by atoms with Crippen LogP contribution in [0.5, 0.6) is 0 Å². The van der Waals surface area contributed by atoms with E-state index >= 15 is 0 Å². The molecule has 5 rings (SSSR count). The normalized spacial score (nSPS) is 24.7. The second-order valence-electron chi connectivity index (χ2n) is 5.26. The average molecular weight is 347 g/mol. The van der Waals surface area contributed by atoms with E-state index in [0.717, 1.165) is 22.3 Å². The number of anilines is 1. The third kappa shape index (κ3) is 2.90. The van der Waals surface area contributed by atoms with Gasteiger partial charge in [0.15, 0.2) is 0 Å². The Kier molecular flexibility index (Phi) is 4.40. The van der Waals surface area contributed by atoms with Gasteiger partial charge in [0.25, 0.3) is 5.89 Å². The van der Waals surface area contributed by atoms with Gasteiger partial charge < -0.3 is 14.2 Å². The van der Waals surface area contributed by atoms with E-state index in [4.69, 9.17) is 16.0 Å². The SMILES string of the molecule is Cl.Clc1ccc(-c2nnc(N3CCN4CCC3CC4)o2)s1. The minimum atomic E-state index is 0. The molecule has 0 unspecified atom stereocenters. The maximum Gasteiger partial charge on any atom is 0.318 e. The van der Waals surface area contributed by atoms with Gasteiger partial charge in [-0.1, -0.05) is 16.7 Å². The molecule has 8 heteroatoms. The van der Waals surface area contributed by atoms with Crippen molar-refractivity contribution in [2.24, 2.45) is 0 Å². The highest BCUT2D eigenvalue weighted by Gasteiger charge is 2.31. The van der Waals surface area contributed by atoms with E-state index in [2.05, 4.69) is 20.0 Å². The molecule has 0 N–H and O–H groups in total. The summed E-state index contributed by atoms with van der Waals surface area (Å²) >= 11 is 7.41. The second kappa shape index (κ2) is 6.12. The summed E-state index contributed by atoms with van der Waals surface area (Å²) in [7, 11) is 0. The number of piperidine rings is 1. The predicted octanol–water partition coefficient (Wildman–Crippen LogP) is 3.16. The van der Waals surface area contributed by atoms with Gasteiger partial charge >= 0.3 is 6.01 Å². The van der Waals surface area contributed by atoms with Crippen molar-refractivity contribution >= 4 is 41.4 Å². The van der Waals surface area contributed by atoms with Crippen LogP contribution >= 0.6 is 35.3 Å². The number of thiophene rings is 1. The van der Waals surface area contributed by atoms with Crippen LogP contribution in [0.1, 0.15) is 12.8 Å². The van der Waals surface area contributed by atoms with Crippen LogP contribution in [0.2, 0.25) is 4.34 Å². The van der Waals surface area contributed by atoms with Gasteiger partial charge in [-0.3, -0.25) is 0 Å². The largest absolute Gasteiger partial charge is 0.402 e.